The molecule has 0 saturated carbocycles. The molecule has 1 unspecified atom stereocenters. The molecular formula is C20H23N5O2S. The quantitative estimate of drug-likeness (QED) is 0.788. The number of benzene rings is 1. The summed E-state index contributed by atoms with van der Waals surface area (Å²) in [5.41, 5.74) is 2.34. The molecular weight excluding hydrogens is 374 g/mol. The van der Waals surface area contributed by atoms with E-state index in [-0.39, 0.29) is 10.3 Å². The highest BCUT2D eigenvalue weighted by molar-refractivity contribution is 7.89. The van der Waals surface area contributed by atoms with E-state index < -0.39 is 10.0 Å². The summed E-state index contributed by atoms with van der Waals surface area (Å²) < 4.78 is 28.0. The summed E-state index contributed by atoms with van der Waals surface area (Å²) in [6.07, 6.45) is 5.40. The standard InChI is InChI=1S/C20H23N5O2S/c1-24(2)19-22-13-16-8-10-20(18(16)23-19)9-3-11-25(14-20)28(26,27)17-6-4-15(12-21)5-7-17/h4-7,13H,3,8-11,14H2,1-2H3. The maximum absolute atomic E-state index is 13.2. The van der Waals surface area contributed by atoms with Crippen LogP contribution < -0.4 is 4.90 Å². The van der Waals surface area contributed by atoms with Gasteiger partial charge in [-0.05, 0) is 55.5 Å². The van der Waals surface area contributed by atoms with Crippen molar-refractivity contribution in [3.05, 3.63) is 47.3 Å². The molecule has 4 rings (SSSR count). The van der Waals surface area contributed by atoms with Crippen molar-refractivity contribution in [2.45, 2.75) is 36.0 Å². The fourth-order valence-electron chi connectivity index (χ4n) is 4.29. The molecule has 0 N–H and O–H groups in total. The summed E-state index contributed by atoms with van der Waals surface area (Å²) in [5.74, 6) is 0.659. The molecule has 0 bridgehead atoms. The van der Waals surface area contributed by atoms with Crippen LogP contribution in [0.5, 0.6) is 0 Å². The predicted octanol–water partition coefficient (Wildman–Crippen LogP) is 2.08. The monoisotopic (exact) mass is 397 g/mol. The van der Waals surface area contributed by atoms with Crippen molar-refractivity contribution in [3.63, 3.8) is 0 Å². The van der Waals surface area contributed by atoms with Crippen LogP contribution in [0.3, 0.4) is 0 Å². The van der Waals surface area contributed by atoms with Crippen molar-refractivity contribution >= 4 is 16.0 Å². The Bertz CT molecular complexity index is 1040. The van der Waals surface area contributed by atoms with Crippen LogP contribution in [0.1, 0.15) is 36.1 Å². The summed E-state index contributed by atoms with van der Waals surface area (Å²) in [6.45, 7) is 0.942. The molecule has 0 amide bonds. The number of hydrogen-bond acceptors (Lipinski definition) is 6. The molecule has 7 nitrogen and oxygen atoms in total. The van der Waals surface area contributed by atoms with Crippen LogP contribution in [0.2, 0.25) is 0 Å². The first-order chi connectivity index (χ1) is 13.4. The molecule has 28 heavy (non-hydrogen) atoms. The second-order valence-corrected chi connectivity index (χ2v) is 9.73. The number of aryl methyl sites for hydroxylation is 1. The number of piperidine rings is 1. The third kappa shape index (κ3) is 3.05. The van der Waals surface area contributed by atoms with Crippen LogP contribution in [0.4, 0.5) is 5.95 Å². The van der Waals surface area contributed by atoms with Crippen molar-refractivity contribution < 1.29 is 8.42 Å². The number of aromatic nitrogens is 2. The number of nitriles is 1. The van der Waals surface area contributed by atoms with E-state index in [1.807, 2.05) is 31.3 Å². The van der Waals surface area contributed by atoms with E-state index in [9.17, 15) is 8.42 Å². The van der Waals surface area contributed by atoms with Gasteiger partial charge in [-0.25, -0.2) is 18.4 Å². The maximum atomic E-state index is 13.2. The molecule has 1 spiro atoms. The third-order valence-electron chi connectivity index (χ3n) is 5.79. The molecule has 1 saturated heterocycles. The average Bonchev–Trinajstić information content (AvgIpc) is 3.05. The van der Waals surface area contributed by atoms with Crippen molar-refractivity contribution in [3.8, 4) is 6.07 Å². The van der Waals surface area contributed by atoms with Crippen molar-refractivity contribution in [2.24, 2.45) is 0 Å². The van der Waals surface area contributed by atoms with Gasteiger partial charge in [-0.3, -0.25) is 0 Å². The van der Waals surface area contributed by atoms with E-state index in [1.54, 1.807) is 16.4 Å². The normalized spacial score (nSPS) is 22.0. The Hall–Kier alpha value is -2.50. The number of sulfonamides is 1. The molecule has 1 aromatic carbocycles. The Morgan fingerprint density at radius 3 is 2.64 bits per heavy atom. The van der Waals surface area contributed by atoms with E-state index in [1.165, 1.54) is 12.1 Å². The van der Waals surface area contributed by atoms with Crippen molar-refractivity contribution in [2.75, 3.05) is 32.1 Å². The van der Waals surface area contributed by atoms with Gasteiger partial charge in [0.2, 0.25) is 16.0 Å². The number of nitrogens with zero attached hydrogens (tertiary/aromatic N) is 5. The van der Waals surface area contributed by atoms with E-state index in [0.717, 1.165) is 36.9 Å². The van der Waals surface area contributed by atoms with Gasteiger partial charge < -0.3 is 4.90 Å². The molecule has 146 valence electrons. The Morgan fingerprint density at radius 1 is 1.21 bits per heavy atom. The first-order valence-electron chi connectivity index (χ1n) is 9.40. The van der Waals surface area contributed by atoms with Gasteiger partial charge in [0.05, 0.1) is 22.2 Å². The summed E-state index contributed by atoms with van der Waals surface area (Å²) in [4.78, 5) is 11.3. The molecule has 2 aliphatic rings. The molecule has 1 fully saturated rings. The van der Waals surface area contributed by atoms with Crippen molar-refractivity contribution in [1.82, 2.24) is 14.3 Å². The zero-order valence-electron chi connectivity index (χ0n) is 16.1. The molecule has 1 atom stereocenters. The molecule has 2 aromatic rings. The van der Waals surface area contributed by atoms with Crippen LogP contribution in [0, 0.1) is 11.3 Å². The topological polar surface area (TPSA) is 90.2 Å². The number of anilines is 1. The second kappa shape index (κ2) is 6.83. The van der Waals surface area contributed by atoms with E-state index in [0.29, 0.717) is 24.6 Å². The van der Waals surface area contributed by atoms with Gasteiger partial charge in [0.1, 0.15) is 0 Å². The van der Waals surface area contributed by atoms with Crippen LogP contribution in [-0.4, -0.2) is 49.9 Å². The molecule has 8 heteroatoms. The summed E-state index contributed by atoms with van der Waals surface area (Å²) in [5, 5.41) is 8.95. The smallest absolute Gasteiger partial charge is 0.243 e. The van der Waals surface area contributed by atoms with Gasteiger partial charge in [-0.1, -0.05) is 0 Å². The lowest BCUT2D eigenvalue weighted by molar-refractivity contribution is 0.219. The molecule has 1 aliphatic carbocycles. The first kappa shape index (κ1) is 18.8. The minimum atomic E-state index is -3.61. The molecule has 0 radical (unpaired) electrons. The van der Waals surface area contributed by atoms with E-state index in [4.69, 9.17) is 10.2 Å². The summed E-state index contributed by atoms with van der Waals surface area (Å²) in [6, 6.07) is 8.16. The van der Waals surface area contributed by atoms with Gasteiger partial charge in [0.15, 0.2) is 0 Å². The van der Waals surface area contributed by atoms with Crippen LogP contribution in [-0.2, 0) is 21.9 Å². The molecule has 1 aromatic heterocycles. The van der Waals surface area contributed by atoms with Crippen molar-refractivity contribution in [1.29, 1.82) is 5.26 Å². The highest BCUT2D eigenvalue weighted by atomic mass is 32.2. The average molecular weight is 398 g/mol. The SMILES string of the molecule is CN(C)c1ncc2c(n1)C1(CCCN(S(=O)(=O)c3ccc(C#N)cc3)C1)CC2. The predicted molar refractivity (Wildman–Crippen MR) is 106 cm³/mol. The van der Waals surface area contributed by atoms with Gasteiger partial charge in [0, 0.05) is 38.8 Å². The Labute approximate surface area is 165 Å². The van der Waals surface area contributed by atoms with Crippen LogP contribution >= 0.6 is 0 Å². The Morgan fingerprint density at radius 2 is 1.96 bits per heavy atom. The largest absolute Gasteiger partial charge is 0.347 e. The fourth-order valence-corrected chi connectivity index (χ4v) is 5.85. The first-order valence-corrected chi connectivity index (χ1v) is 10.8. The van der Waals surface area contributed by atoms with Gasteiger partial charge in [-0.15, -0.1) is 0 Å². The lowest BCUT2D eigenvalue weighted by Gasteiger charge is -2.39. The molecule has 1 aliphatic heterocycles. The Kier molecular flexibility index (Phi) is 4.60. The molecule has 2 heterocycles. The maximum Gasteiger partial charge on any atom is 0.243 e. The zero-order chi connectivity index (χ0) is 19.9. The fraction of sp³-hybridized carbons (Fsp3) is 0.450. The highest BCUT2D eigenvalue weighted by Crippen LogP contribution is 2.45. The number of hydrogen-bond donors (Lipinski definition) is 0. The van der Waals surface area contributed by atoms with E-state index >= 15 is 0 Å². The third-order valence-corrected chi connectivity index (χ3v) is 7.65. The summed E-state index contributed by atoms with van der Waals surface area (Å²) in [7, 11) is 0.208. The van der Waals surface area contributed by atoms with Crippen LogP contribution in [0.15, 0.2) is 35.4 Å². The number of rotatable bonds is 3. The number of fused-ring (bicyclic) bond motifs is 2. The van der Waals surface area contributed by atoms with Gasteiger partial charge >= 0.3 is 0 Å². The van der Waals surface area contributed by atoms with Gasteiger partial charge in [-0.2, -0.15) is 9.57 Å². The summed E-state index contributed by atoms with van der Waals surface area (Å²) >= 11 is 0. The van der Waals surface area contributed by atoms with Gasteiger partial charge in [0.25, 0.3) is 0 Å². The lowest BCUT2D eigenvalue weighted by atomic mass is 9.78. The van der Waals surface area contributed by atoms with E-state index in [2.05, 4.69) is 4.98 Å². The zero-order valence-corrected chi connectivity index (χ0v) is 16.9. The highest BCUT2D eigenvalue weighted by Gasteiger charge is 2.46. The van der Waals surface area contributed by atoms with Crippen LogP contribution in [0.25, 0.3) is 0 Å². The minimum Gasteiger partial charge on any atom is -0.347 e. The second-order valence-electron chi connectivity index (χ2n) is 7.80. The lowest BCUT2D eigenvalue weighted by Crippen LogP contribution is -2.47. The Balaban J connectivity index is 1.67. The minimum absolute atomic E-state index is 0.235.